The van der Waals surface area contributed by atoms with Crippen LogP contribution in [0.2, 0.25) is 0 Å². The zero-order chi connectivity index (χ0) is 16.2. The van der Waals surface area contributed by atoms with E-state index in [0.717, 1.165) is 12.1 Å². The van der Waals surface area contributed by atoms with Crippen LogP contribution in [0.1, 0.15) is 29.4 Å². The summed E-state index contributed by atoms with van der Waals surface area (Å²) < 4.78 is 5.72. The predicted molar refractivity (Wildman–Crippen MR) is 85.6 cm³/mol. The van der Waals surface area contributed by atoms with Gasteiger partial charge in [-0.1, -0.05) is 6.92 Å². The molecule has 1 amide bonds. The number of aromatic nitrogens is 4. The molecule has 0 aliphatic carbocycles. The molecule has 3 aromatic rings. The summed E-state index contributed by atoms with van der Waals surface area (Å²) in [5.74, 6) is 0.744. The molecule has 0 unspecified atom stereocenters. The Kier molecular flexibility index (Phi) is 4.18. The van der Waals surface area contributed by atoms with Crippen molar-refractivity contribution in [2.24, 2.45) is 0 Å². The monoisotopic (exact) mass is 311 g/mol. The van der Waals surface area contributed by atoms with Crippen molar-refractivity contribution >= 4 is 17.1 Å². The van der Waals surface area contributed by atoms with Crippen LogP contribution in [0.4, 0.5) is 0 Å². The summed E-state index contributed by atoms with van der Waals surface area (Å²) in [6, 6.07) is 3.59. The van der Waals surface area contributed by atoms with Crippen molar-refractivity contribution in [3.05, 3.63) is 42.0 Å². The summed E-state index contributed by atoms with van der Waals surface area (Å²) in [6.07, 6.45) is 5.68. The van der Waals surface area contributed by atoms with Crippen molar-refractivity contribution in [2.45, 2.75) is 20.3 Å². The van der Waals surface area contributed by atoms with Crippen molar-refractivity contribution in [3.8, 4) is 11.6 Å². The quantitative estimate of drug-likeness (QED) is 0.755. The first-order valence-electron chi connectivity index (χ1n) is 7.41. The number of hydrogen-bond acceptors (Lipinski definition) is 5. The number of fused-ring (bicyclic) bond motifs is 1. The SMILES string of the molecule is CCCNC(=O)c1c[nH]c2ncc(Oc3cccnc3C)nc12. The average molecular weight is 311 g/mol. The van der Waals surface area contributed by atoms with Crippen LogP contribution in [0.3, 0.4) is 0 Å². The fourth-order valence-corrected chi connectivity index (χ4v) is 2.12. The molecule has 0 aliphatic heterocycles. The van der Waals surface area contributed by atoms with Crippen LogP contribution in [0.15, 0.2) is 30.7 Å². The van der Waals surface area contributed by atoms with E-state index in [1.165, 1.54) is 6.20 Å². The number of hydrogen-bond donors (Lipinski definition) is 2. The zero-order valence-electron chi connectivity index (χ0n) is 13.0. The summed E-state index contributed by atoms with van der Waals surface area (Å²) >= 11 is 0. The number of ether oxygens (including phenoxy) is 1. The number of aryl methyl sites for hydroxylation is 1. The summed E-state index contributed by atoms with van der Waals surface area (Å²) in [5, 5.41) is 2.83. The number of carbonyl (C=O) groups is 1. The Morgan fingerprint density at radius 2 is 2.26 bits per heavy atom. The molecule has 3 aromatic heterocycles. The smallest absolute Gasteiger partial charge is 0.255 e. The van der Waals surface area contributed by atoms with Crippen molar-refractivity contribution in [1.29, 1.82) is 0 Å². The molecule has 0 aliphatic rings. The lowest BCUT2D eigenvalue weighted by Gasteiger charge is -2.06. The molecular weight excluding hydrogens is 294 g/mol. The second-order valence-corrected chi connectivity index (χ2v) is 5.05. The minimum atomic E-state index is -0.179. The van der Waals surface area contributed by atoms with E-state index >= 15 is 0 Å². The van der Waals surface area contributed by atoms with E-state index < -0.39 is 0 Å². The average Bonchev–Trinajstić information content (AvgIpc) is 2.98. The van der Waals surface area contributed by atoms with Crippen LogP contribution in [-0.4, -0.2) is 32.4 Å². The van der Waals surface area contributed by atoms with E-state index in [9.17, 15) is 4.79 Å². The van der Waals surface area contributed by atoms with Gasteiger partial charge in [-0.2, -0.15) is 0 Å². The summed E-state index contributed by atoms with van der Waals surface area (Å²) in [7, 11) is 0. The van der Waals surface area contributed by atoms with E-state index in [0.29, 0.717) is 34.9 Å². The highest BCUT2D eigenvalue weighted by atomic mass is 16.5. The van der Waals surface area contributed by atoms with Crippen molar-refractivity contribution < 1.29 is 9.53 Å². The Hall–Kier alpha value is -2.96. The van der Waals surface area contributed by atoms with Crippen LogP contribution >= 0.6 is 0 Å². The van der Waals surface area contributed by atoms with E-state index in [1.807, 2.05) is 13.8 Å². The molecule has 0 radical (unpaired) electrons. The molecule has 2 N–H and O–H groups in total. The Labute approximate surface area is 133 Å². The van der Waals surface area contributed by atoms with Crippen LogP contribution in [0.25, 0.3) is 11.2 Å². The first-order chi connectivity index (χ1) is 11.2. The number of carbonyl (C=O) groups excluding carboxylic acids is 1. The van der Waals surface area contributed by atoms with Gasteiger partial charge in [-0.3, -0.25) is 9.78 Å². The Morgan fingerprint density at radius 1 is 1.39 bits per heavy atom. The van der Waals surface area contributed by atoms with E-state index in [1.54, 1.807) is 24.5 Å². The molecule has 0 saturated carbocycles. The highest BCUT2D eigenvalue weighted by Crippen LogP contribution is 2.23. The molecule has 7 heteroatoms. The van der Waals surface area contributed by atoms with Gasteiger partial charge in [0.25, 0.3) is 5.91 Å². The standard InChI is InChI=1S/C16H17N5O2/c1-3-6-18-16(22)11-8-19-15-14(11)21-13(9-20-15)23-12-5-4-7-17-10(12)2/h4-5,7-9H,3,6H2,1-2H3,(H,18,22)(H,19,20). The highest BCUT2D eigenvalue weighted by Gasteiger charge is 2.15. The Morgan fingerprint density at radius 3 is 3.04 bits per heavy atom. The minimum absolute atomic E-state index is 0.179. The maximum atomic E-state index is 12.2. The first-order valence-corrected chi connectivity index (χ1v) is 7.41. The van der Waals surface area contributed by atoms with Crippen LogP contribution < -0.4 is 10.1 Å². The van der Waals surface area contributed by atoms with E-state index in [4.69, 9.17) is 4.74 Å². The van der Waals surface area contributed by atoms with Gasteiger partial charge in [0.15, 0.2) is 11.4 Å². The largest absolute Gasteiger partial charge is 0.436 e. The second-order valence-electron chi connectivity index (χ2n) is 5.05. The topological polar surface area (TPSA) is 92.8 Å². The molecule has 7 nitrogen and oxygen atoms in total. The lowest BCUT2D eigenvalue weighted by atomic mass is 10.3. The maximum Gasteiger partial charge on any atom is 0.255 e. The van der Waals surface area contributed by atoms with Gasteiger partial charge in [0.1, 0.15) is 5.52 Å². The highest BCUT2D eigenvalue weighted by molar-refractivity contribution is 6.04. The molecular formula is C16H17N5O2. The van der Waals surface area contributed by atoms with E-state index in [2.05, 4.69) is 25.3 Å². The molecule has 3 rings (SSSR count). The number of H-pyrrole nitrogens is 1. The van der Waals surface area contributed by atoms with Crippen LogP contribution in [-0.2, 0) is 0 Å². The molecule has 0 atom stereocenters. The summed E-state index contributed by atoms with van der Waals surface area (Å²) in [5.41, 5.74) is 2.23. The predicted octanol–water partition coefficient (Wildman–Crippen LogP) is 2.59. The number of amides is 1. The van der Waals surface area contributed by atoms with Crippen molar-refractivity contribution in [3.63, 3.8) is 0 Å². The maximum absolute atomic E-state index is 12.2. The lowest BCUT2D eigenvalue weighted by Crippen LogP contribution is -2.23. The van der Waals surface area contributed by atoms with Crippen molar-refractivity contribution in [2.75, 3.05) is 6.54 Å². The van der Waals surface area contributed by atoms with Crippen LogP contribution in [0, 0.1) is 6.92 Å². The first kappa shape index (κ1) is 15.0. The third-order valence-corrected chi connectivity index (χ3v) is 3.31. The van der Waals surface area contributed by atoms with Gasteiger partial charge in [0.2, 0.25) is 5.88 Å². The minimum Gasteiger partial charge on any atom is -0.436 e. The molecule has 0 spiro atoms. The normalized spacial score (nSPS) is 10.7. The fourth-order valence-electron chi connectivity index (χ4n) is 2.12. The molecule has 118 valence electrons. The number of nitrogens with zero attached hydrogens (tertiary/aromatic N) is 3. The zero-order valence-corrected chi connectivity index (χ0v) is 13.0. The van der Waals surface area contributed by atoms with E-state index in [-0.39, 0.29) is 5.91 Å². The molecule has 3 heterocycles. The second kappa shape index (κ2) is 6.43. The number of rotatable bonds is 5. The number of aromatic amines is 1. The lowest BCUT2D eigenvalue weighted by molar-refractivity contribution is 0.0955. The molecule has 0 fully saturated rings. The third kappa shape index (κ3) is 3.13. The molecule has 0 aromatic carbocycles. The van der Waals surface area contributed by atoms with Gasteiger partial charge in [0.05, 0.1) is 17.5 Å². The van der Waals surface area contributed by atoms with Gasteiger partial charge in [0, 0.05) is 18.9 Å². The van der Waals surface area contributed by atoms with Crippen LogP contribution in [0.5, 0.6) is 11.6 Å². The number of pyridine rings is 1. The number of nitrogens with one attached hydrogen (secondary N) is 2. The van der Waals surface area contributed by atoms with Gasteiger partial charge in [-0.25, -0.2) is 9.97 Å². The third-order valence-electron chi connectivity index (χ3n) is 3.31. The summed E-state index contributed by atoms with van der Waals surface area (Å²) in [6.45, 7) is 4.46. The molecule has 0 bridgehead atoms. The Balaban J connectivity index is 1.91. The summed E-state index contributed by atoms with van der Waals surface area (Å²) in [4.78, 5) is 27.9. The van der Waals surface area contributed by atoms with Crippen molar-refractivity contribution in [1.82, 2.24) is 25.3 Å². The fraction of sp³-hybridized carbons (Fsp3) is 0.250. The molecule has 0 saturated heterocycles. The van der Waals surface area contributed by atoms with Gasteiger partial charge in [-0.05, 0) is 25.5 Å². The van der Waals surface area contributed by atoms with Gasteiger partial charge in [-0.15, -0.1) is 0 Å². The molecule has 23 heavy (non-hydrogen) atoms. The van der Waals surface area contributed by atoms with Gasteiger partial charge < -0.3 is 15.0 Å². The van der Waals surface area contributed by atoms with Gasteiger partial charge >= 0.3 is 0 Å². The Bertz CT molecular complexity index is 843.